The van der Waals surface area contributed by atoms with Crippen LogP contribution in [-0.2, 0) is 11.5 Å². The molecule has 4 heteroatoms. The minimum Gasteiger partial charge on any atom is -0.373 e. The van der Waals surface area contributed by atoms with E-state index in [1.54, 1.807) is 0 Å². The number of anilines is 1. The average molecular weight is 279 g/mol. The third-order valence-corrected chi connectivity index (χ3v) is 3.99. The summed E-state index contributed by atoms with van der Waals surface area (Å²) in [4.78, 5) is 4.20. The van der Waals surface area contributed by atoms with Crippen LogP contribution in [0.2, 0.25) is 5.02 Å². The Balaban J connectivity index is 1.90. The van der Waals surface area contributed by atoms with Crippen LogP contribution >= 0.6 is 23.4 Å². The number of hydrogen-bond acceptors (Lipinski definition) is 3. The molecule has 0 spiro atoms. The summed E-state index contributed by atoms with van der Waals surface area (Å²) in [7, 11) is 1.88. The standard InChI is InChI=1S/C14H15ClN2S/c1-16-14-8-11(6-7-17-14)9-18-10-12-4-2-3-5-13(12)15/h2-8H,9-10H2,1H3,(H,16,17). The van der Waals surface area contributed by atoms with Crippen molar-refractivity contribution in [1.29, 1.82) is 0 Å². The van der Waals surface area contributed by atoms with Crippen LogP contribution in [0.15, 0.2) is 42.6 Å². The molecule has 1 aromatic carbocycles. The van der Waals surface area contributed by atoms with Gasteiger partial charge in [-0.3, -0.25) is 0 Å². The van der Waals surface area contributed by atoms with E-state index in [0.717, 1.165) is 22.3 Å². The van der Waals surface area contributed by atoms with Crippen LogP contribution in [0.5, 0.6) is 0 Å². The Labute approximate surface area is 117 Å². The molecule has 0 amide bonds. The first-order valence-electron chi connectivity index (χ1n) is 5.73. The van der Waals surface area contributed by atoms with Gasteiger partial charge in [0.15, 0.2) is 0 Å². The molecule has 1 aromatic heterocycles. The number of rotatable bonds is 5. The number of halogens is 1. The Bertz CT molecular complexity index is 517. The van der Waals surface area contributed by atoms with Gasteiger partial charge in [-0.1, -0.05) is 29.8 Å². The summed E-state index contributed by atoms with van der Waals surface area (Å²) in [6, 6.07) is 12.1. The minimum atomic E-state index is 0.843. The molecular weight excluding hydrogens is 264 g/mol. The quantitative estimate of drug-likeness (QED) is 0.887. The Morgan fingerprint density at radius 3 is 2.83 bits per heavy atom. The highest BCUT2D eigenvalue weighted by atomic mass is 35.5. The van der Waals surface area contributed by atoms with E-state index in [-0.39, 0.29) is 0 Å². The van der Waals surface area contributed by atoms with Gasteiger partial charge < -0.3 is 5.32 Å². The molecule has 0 bridgehead atoms. The molecule has 94 valence electrons. The summed E-state index contributed by atoms with van der Waals surface area (Å²) in [6.45, 7) is 0. The van der Waals surface area contributed by atoms with Crippen LogP contribution in [0.1, 0.15) is 11.1 Å². The fraction of sp³-hybridized carbons (Fsp3) is 0.214. The van der Waals surface area contributed by atoms with Crippen molar-refractivity contribution in [3.63, 3.8) is 0 Å². The van der Waals surface area contributed by atoms with E-state index < -0.39 is 0 Å². The van der Waals surface area contributed by atoms with Gasteiger partial charge in [0.05, 0.1) is 0 Å². The number of thioether (sulfide) groups is 1. The first-order valence-corrected chi connectivity index (χ1v) is 7.26. The number of nitrogens with one attached hydrogen (secondary N) is 1. The van der Waals surface area contributed by atoms with Crippen molar-refractivity contribution in [2.45, 2.75) is 11.5 Å². The molecule has 0 aliphatic heterocycles. The first-order chi connectivity index (χ1) is 8.79. The Morgan fingerprint density at radius 2 is 2.06 bits per heavy atom. The van der Waals surface area contributed by atoms with E-state index in [1.807, 2.05) is 49.3 Å². The van der Waals surface area contributed by atoms with Crippen molar-refractivity contribution in [1.82, 2.24) is 4.98 Å². The molecule has 18 heavy (non-hydrogen) atoms. The smallest absolute Gasteiger partial charge is 0.125 e. The summed E-state index contributed by atoms with van der Waals surface area (Å²) in [5, 5.41) is 3.89. The maximum atomic E-state index is 6.12. The largest absolute Gasteiger partial charge is 0.373 e. The summed E-state index contributed by atoms with van der Waals surface area (Å²) < 4.78 is 0. The van der Waals surface area contributed by atoms with E-state index in [4.69, 9.17) is 11.6 Å². The summed E-state index contributed by atoms with van der Waals surface area (Å²) in [6.07, 6.45) is 1.83. The number of hydrogen-bond donors (Lipinski definition) is 1. The normalized spacial score (nSPS) is 10.3. The van der Waals surface area contributed by atoms with Crippen LogP contribution in [-0.4, -0.2) is 12.0 Å². The van der Waals surface area contributed by atoms with Crippen molar-refractivity contribution >= 4 is 29.2 Å². The van der Waals surface area contributed by atoms with E-state index in [9.17, 15) is 0 Å². The number of pyridine rings is 1. The van der Waals surface area contributed by atoms with Gasteiger partial charge >= 0.3 is 0 Å². The second-order valence-electron chi connectivity index (χ2n) is 3.88. The van der Waals surface area contributed by atoms with E-state index >= 15 is 0 Å². The molecule has 2 rings (SSSR count). The van der Waals surface area contributed by atoms with Crippen molar-refractivity contribution < 1.29 is 0 Å². The molecule has 0 atom stereocenters. The number of aromatic nitrogens is 1. The lowest BCUT2D eigenvalue weighted by atomic mass is 10.2. The lowest BCUT2D eigenvalue weighted by Crippen LogP contribution is -1.93. The molecule has 1 N–H and O–H groups in total. The van der Waals surface area contributed by atoms with Crippen LogP contribution < -0.4 is 5.32 Å². The van der Waals surface area contributed by atoms with Crippen molar-refractivity contribution in [3.8, 4) is 0 Å². The van der Waals surface area contributed by atoms with Gasteiger partial charge in [-0.15, -0.1) is 0 Å². The van der Waals surface area contributed by atoms with E-state index in [0.29, 0.717) is 0 Å². The lowest BCUT2D eigenvalue weighted by molar-refractivity contribution is 1.24. The molecule has 0 saturated heterocycles. The van der Waals surface area contributed by atoms with Crippen LogP contribution in [0.3, 0.4) is 0 Å². The summed E-state index contributed by atoms with van der Waals surface area (Å²) >= 11 is 7.97. The molecule has 0 unspecified atom stereocenters. The van der Waals surface area contributed by atoms with Crippen molar-refractivity contribution in [3.05, 3.63) is 58.7 Å². The van der Waals surface area contributed by atoms with Crippen LogP contribution in [0, 0.1) is 0 Å². The van der Waals surface area contributed by atoms with Gasteiger partial charge in [0.1, 0.15) is 5.82 Å². The third kappa shape index (κ3) is 3.65. The molecule has 2 nitrogen and oxygen atoms in total. The van der Waals surface area contributed by atoms with Gasteiger partial charge in [-0.25, -0.2) is 4.98 Å². The topological polar surface area (TPSA) is 24.9 Å². The summed E-state index contributed by atoms with van der Waals surface area (Å²) in [5.41, 5.74) is 2.46. The Morgan fingerprint density at radius 1 is 1.22 bits per heavy atom. The summed E-state index contributed by atoms with van der Waals surface area (Å²) in [5.74, 6) is 2.80. The zero-order valence-electron chi connectivity index (χ0n) is 10.2. The van der Waals surface area contributed by atoms with Gasteiger partial charge in [-0.05, 0) is 29.3 Å². The molecule has 0 aliphatic rings. The minimum absolute atomic E-state index is 0.843. The molecule has 0 aliphatic carbocycles. The van der Waals surface area contributed by atoms with Crippen molar-refractivity contribution in [2.24, 2.45) is 0 Å². The van der Waals surface area contributed by atoms with Crippen molar-refractivity contribution in [2.75, 3.05) is 12.4 Å². The van der Waals surface area contributed by atoms with Crippen LogP contribution in [0.4, 0.5) is 5.82 Å². The van der Waals surface area contributed by atoms with E-state index in [1.165, 1.54) is 11.1 Å². The lowest BCUT2D eigenvalue weighted by Gasteiger charge is -2.05. The SMILES string of the molecule is CNc1cc(CSCc2ccccc2Cl)ccn1. The third-order valence-electron chi connectivity index (χ3n) is 2.56. The second kappa shape index (κ2) is 6.66. The first kappa shape index (κ1) is 13.2. The van der Waals surface area contributed by atoms with E-state index in [2.05, 4.69) is 22.4 Å². The molecule has 0 saturated carbocycles. The maximum absolute atomic E-state index is 6.12. The predicted molar refractivity (Wildman–Crippen MR) is 80.2 cm³/mol. The Kier molecular flexibility index (Phi) is 4.90. The maximum Gasteiger partial charge on any atom is 0.125 e. The number of benzene rings is 1. The highest BCUT2D eigenvalue weighted by molar-refractivity contribution is 7.97. The monoisotopic (exact) mass is 278 g/mol. The van der Waals surface area contributed by atoms with Crippen LogP contribution in [0.25, 0.3) is 0 Å². The zero-order chi connectivity index (χ0) is 12.8. The predicted octanol–water partition coefficient (Wildman–Crippen LogP) is 4.21. The Hall–Kier alpha value is -1.19. The second-order valence-corrected chi connectivity index (χ2v) is 5.28. The molecular formula is C14H15ClN2S. The molecule has 0 radical (unpaired) electrons. The zero-order valence-corrected chi connectivity index (χ0v) is 11.8. The van der Waals surface area contributed by atoms with Gasteiger partial charge in [0.25, 0.3) is 0 Å². The number of nitrogens with zero attached hydrogens (tertiary/aromatic N) is 1. The van der Waals surface area contributed by atoms with Gasteiger partial charge in [0, 0.05) is 29.8 Å². The molecule has 0 fully saturated rings. The molecule has 1 heterocycles. The van der Waals surface area contributed by atoms with Gasteiger partial charge in [-0.2, -0.15) is 11.8 Å². The highest BCUT2D eigenvalue weighted by Gasteiger charge is 2.00. The highest BCUT2D eigenvalue weighted by Crippen LogP contribution is 2.23. The molecule has 2 aromatic rings. The van der Waals surface area contributed by atoms with Gasteiger partial charge in [0.2, 0.25) is 0 Å². The fourth-order valence-corrected chi connectivity index (χ4v) is 2.87. The fourth-order valence-electron chi connectivity index (χ4n) is 1.60. The average Bonchev–Trinajstić information content (AvgIpc) is 2.41.